The van der Waals surface area contributed by atoms with E-state index in [1.165, 1.54) is 0 Å². The molecule has 6 nitrogen and oxygen atoms in total. The fourth-order valence-corrected chi connectivity index (χ4v) is 2.55. The van der Waals surface area contributed by atoms with Gasteiger partial charge in [0.05, 0.1) is 0 Å². The van der Waals surface area contributed by atoms with Crippen LogP contribution in [-0.4, -0.2) is 29.2 Å². The maximum Gasteiger partial charge on any atom is 0.148 e. The molecule has 0 spiro atoms. The maximum atomic E-state index is 5.53. The van der Waals surface area contributed by atoms with Gasteiger partial charge in [0.25, 0.3) is 0 Å². The highest BCUT2D eigenvalue weighted by Gasteiger charge is 2.22. The number of hydrazine groups is 1. The molecular weight excluding hydrogens is 254 g/mol. The van der Waals surface area contributed by atoms with Crippen LogP contribution in [0.4, 0.5) is 11.6 Å². The number of anilines is 2. The van der Waals surface area contributed by atoms with Gasteiger partial charge in [-0.1, -0.05) is 6.92 Å². The van der Waals surface area contributed by atoms with E-state index >= 15 is 0 Å². The lowest BCUT2D eigenvalue weighted by Gasteiger charge is -2.29. The Hall–Kier alpha value is -1.40. The maximum absolute atomic E-state index is 5.53. The standard InChI is InChI=1S/C14H25N5O/c1-4-12-17-13(9(2)14(18-12)19-15)16-10(3)11-5-7-20-8-6-11/h10-11H,4-8,15H2,1-3H3,(H2,16,17,18,19). The summed E-state index contributed by atoms with van der Waals surface area (Å²) in [7, 11) is 0. The number of nitrogens with two attached hydrogens (primary N) is 1. The van der Waals surface area contributed by atoms with Gasteiger partial charge in [0, 0.05) is 31.2 Å². The van der Waals surface area contributed by atoms with Gasteiger partial charge in [0.15, 0.2) is 0 Å². The van der Waals surface area contributed by atoms with E-state index < -0.39 is 0 Å². The molecule has 1 atom stereocenters. The zero-order valence-electron chi connectivity index (χ0n) is 12.6. The van der Waals surface area contributed by atoms with E-state index in [0.717, 1.165) is 49.7 Å². The third-order valence-electron chi connectivity index (χ3n) is 3.98. The predicted octanol–water partition coefficient (Wildman–Crippen LogP) is 1.86. The smallest absolute Gasteiger partial charge is 0.148 e. The fraction of sp³-hybridized carbons (Fsp3) is 0.714. The average molecular weight is 279 g/mol. The van der Waals surface area contributed by atoms with Gasteiger partial charge in [0.1, 0.15) is 17.5 Å². The molecule has 1 unspecified atom stereocenters. The van der Waals surface area contributed by atoms with Gasteiger partial charge in [-0.3, -0.25) is 0 Å². The molecule has 1 aromatic heterocycles. The first-order chi connectivity index (χ1) is 9.65. The second kappa shape index (κ2) is 6.85. The Balaban J connectivity index is 2.14. The van der Waals surface area contributed by atoms with Crippen LogP contribution >= 0.6 is 0 Å². The summed E-state index contributed by atoms with van der Waals surface area (Å²) in [4.78, 5) is 8.97. The van der Waals surface area contributed by atoms with Crippen LogP contribution in [0, 0.1) is 12.8 Å². The van der Waals surface area contributed by atoms with Crippen molar-refractivity contribution in [2.75, 3.05) is 24.0 Å². The van der Waals surface area contributed by atoms with Crippen LogP contribution in [-0.2, 0) is 11.2 Å². The van der Waals surface area contributed by atoms with E-state index in [0.29, 0.717) is 17.8 Å². The van der Waals surface area contributed by atoms with Crippen molar-refractivity contribution >= 4 is 11.6 Å². The Morgan fingerprint density at radius 3 is 2.55 bits per heavy atom. The molecule has 0 saturated carbocycles. The van der Waals surface area contributed by atoms with Gasteiger partial charge in [-0.2, -0.15) is 0 Å². The second-order valence-electron chi connectivity index (χ2n) is 5.34. The molecule has 1 saturated heterocycles. The fourth-order valence-electron chi connectivity index (χ4n) is 2.55. The molecule has 2 heterocycles. The van der Waals surface area contributed by atoms with Crippen molar-refractivity contribution in [2.45, 2.75) is 46.1 Å². The third-order valence-corrected chi connectivity index (χ3v) is 3.98. The summed E-state index contributed by atoms with van der Waals surface area (Å²) < 4.78 is 5.42. The van der Waals surface area contributed by atoms with Gasteiger partial charge in [-0.15, -0.1) is 0 Å². The monoisotopic (exact) mass is 279 g/mol. The van der Waals surface area contributed by atoms with Gasteiger partial charge < -0.3 is 15.5 Å². The molecule has 0 aliphatic carbocycles. The van der Waals surface area contributed by atoms with Gasteiger partial charge in [-0.05, 0) is 32.6 Å². The van der Waals surface area contributed by atoms with Crippen LogP contribution in [0.3, 0.4) is 0 Å². The Morgan fingerprint density at radius 1 is 1.30 bits per heavy atom. The third kappa shape index (κ3) is 3.37. The van der Waals surface area contributed by atoms with Crippen LogP contribution in [0.5, 0.6) is 0 Å². The van der Waals surface area contributed by atoms with Gasteiger partial charge >= 0.3 is 0 Å². The van der Waals surface area contributed by atoms with E-state index in [4.69, 9.17) is 10.6 Å². The summed E-state index contributed by atoms with van der Waals surface area (Å²) in [6.07, 6.45) is 2.98. The zero-order valence-corrected chi connectivity index (χ0v) is 12.6. The number of hydrogen-bond acceptors (Lipinski definition) is 6. The molecular formula is C14H25N5O. The number of nitrogen functional groups attached to an aromatic ring is 1. The molecule has 0 amide bonds. The number of aryl methyl sites for hydroxylation is 1. The summed E-state index contributed by atoms with van der Waals surface area (Å²) in [6.45, 7) is 7.94. The Labute approximate surface area is 120 Å². The van der Waals surface area contributed by atoms with E-state index in [1.807, 2.05) is 13.8 Å². The van der Waals surface area contributed by atoms with Crippen molar-refractivity contribution in [3.05, 3.63) is 11.4 Å². The van der Waals surface area contributed by atoms with Crippen LogP contribution in [0.15, 0.2) is 0 Å². The topological polar surface area (TPSA) is 85.1 Å². The lowest BCUT2D eigenvalue weighted by molar-refractivity contribution is 0.0622. The van der Waals surface area contributed by atoms with E-state index in [9.17, 15) is 0 Å². The summed E-state index contributed by atoms with van der Waals surface area (Å²) in [5, 5.41) is 3.53. The number of nitrogens with one attached hydrogen (secondary N) is 2. The van der Waals surface area contributed by atoms with Crippen LogP contribution in [0.2, 0.25) is 0 Å². The number of rotatable bonds is 5. The lowest BCUT2D eigenvalue weighted by atomic mass is 9.93. The van der Waals surface area contributed by atoms with Gasteiger partial charge in [0.2, 0.25) is 0 Å². The molecule has 1 fully saturated rings. The summed E-state index contributed by atoms with van der Waals surface area (Å²) in [5.41, 5.74) is 3.61. The van der Waals surface area contributed by atoms with Crippen LogP contribution < -0.4 is 16.6 Å². The molecule has 20 heavy (non-hydrogen) atoms. The number of nitrogens with zero attached hydrogens (tertiary/aromatic N) is 2. The highest BCUT2D eigenvalue weighted by molar-refractivity contribution is 5.57. The van der Waals surface area contributed by atoms with Crippen molar-refractivity contribution in [3.8, 4) is 0 Å². The van der Waals surface area contributed by atoms with Crippen molar-refractivity contribution < 1.29 is 4.74 Å². The first kappa shape index (κ1) is 15.0. The molecule has 0 radical (unpaired) electrons. The van der Waals surface area contributed by atoms with Gasteiger partial charge in [-0.25, -0.2) is 15.8 Å². The zero-order chi connectivity index (χ0) is 14.5. The van der Waals surface area contributed by atoms with E-state index in [2.05, 4.69) is 27.6 Å². The molecule has 0 aromatic carbocycles. The minimum absolute atomic E-state index is 0.364. The molecule has 2 rings (SSSR count). The quantitative estimate of drug-likeness (QED) is 0.563. The molecule has 4 N–H and O–H groups in total. The largest absolute Gasteiger partial charge is 0.381 e. The summed E-state index contributed by atoms with van der Waals surface area (Å²) in [6, 6.07) is 0.364. The molecule has 1 aromatic rings. The van der Waals surface area contributed by atoms with Crippen molar-refractivity contribution in [1.82, 2.24) is 9.97 Å². The number of aromatic nitrogens is 2. The Bertz CT molecular complexity index is 445. The summed E-state index contributed by atoms with van der Waals surface area (Å²) in [5.74, 6) is 8.52. The summed E-state index contributed by atoms with van der Waals surface area (Å²) >= 11 is 0. The normalized spacial score (nSPS) is 17.8. The molecule has 0 bridgehead atoms. The molecule has 1 aliphatic rings. The Kier molecular flexibility index (Phi) is 5.14. The van der Waals surface area contributed by atoms with Crippen molar-refractivity contribution in [1.29, 1.82) is 0 Å². The minimum atomic E-state index is 0.364. The average Bonchev–Trinajstić information content (AvgIpc) is 2.50. The van der Waals surface area contributed by atoms with Crippen LogP contribution in [0.25, 0.3) is 0 Å². The van der Waals surface area contributed by atoms with Crippen molar-refractivity contribution in [3.63, 3.8) is 0 Å². The first-order valence-electron chi connectivity index (χ1n) is 7.34. The molecule has 112 valence electrons. The second-order valence-corrected chi connectivity index (χ2v) is 5.34. The SMILES string of the molecule is CCc1nc(NN)c(C)c(NC(C)C2CCOCC2)n1. The van der Waals surface area contributed by atoms with E-state index in [-0.39, 0.29) is 0 Å². The Morgan fingerprint density at radius 2 is 1.95 bits per heavy atom. The first-order valence-corrected chi connectivity index (χ1v) is 7.34. The van der Waals surface area contributed by atoms with E-state index in [1.54, 1.807) is 0 Å². The lowest BCUT2D eigenvalue weighted by Crippen LogP contribution is -2.31. The molecule has 6 heteroatoms. The number of ether oxygens (including phenoxy) is 1. The molecule has 1 aliphatic heterocycles. The predicted molar refractivity (Wildman–Crippen MR) is 80.6 cm³/mol. The van der Waals surface area contributed by atoms with Crippen LogP contribution in [0.1, 0.15) is 38.1 Å². The highest BCUT2D eigenvalue weighted by atomic mass is 16.5. The highest BCUT2D eigenvalue weighted by Crippen LogP contribution is 2.25. The minimum Gasteiger partial charge on any atom is -0.381 e. The number of hydrogen-bond donors (Lipinski definition) is 3. The van der Waals surface area contributed by atoms with Crippen molar-refractivity contribution in [2.24, 2.45) is 11.8 Å².